The SMILES string of the molecule is CCc1nc2c(OC(F)F)cc(C(=O)O)cc2s1. The van der Waals surface area contributed by atoms with E-state index in [9.17, 15) is 13.6 Å². The summed E-state index contributed by atoms with van der Waals surface area (Å²) in [5.74, 6) is -1.39. The van der Waals surface area contributed by atoms with Gasteiger partial charge in [0.15, 0.2) is 5.75 Å². The first kappa shape index (κ1) is 12.7. The number of hydrogen-bond donors (Lipinski definition) is 1. The normalized spacial score (nSPS) is 11.1. The fourth-order valence-electron chi connectivity index (χ4n) is 1.51. The van der Waals surface area contributed by atoms with Crippen LogP contribution in [0.4, 0.5) is 8.78 Å². The number of aromatic carboxylic acids is 1. The summed E-state index contributed by atoms with van der Waals surface area (Å²) in [6.45, 7) is -1.13. The smallest absolute Gasteiger partial charge is 0.387 e. The van der Waals surface area contributed by atoms with E-state index < -0.39 is 12.6 Å². The molecule has 96 valence electrons. The number of aryl methyl sites for hydroxylation is 1. The summed E-state index contributed by atoms with van der Waals surface area (Å²) in [6, 6.07) is 2.48. The van der Waals surface area contributed by atoms with Crippen LogP contribution in [0, 0.1) is 0 Å². The number of hydrogen-bond acceptors (Lipinski definition) is 4. The van der Waals surface area contributed by atoms with E-state index in [0.717, 1.165) is 11.1 Å². The van der Waals surface area contributed by atoms with E-state index in [1.54, 1.807) is 0 Å². The number of thiazole rings is 1. The Balaban J connectivity index is 2.62. The summed E-state index contributed by atoms with van der Waals surface area (Å²) in [7, 11) is 0. The molecule has 0 aliphatic carbocycles. The Morgan fingerprint density at radius 2 is 2.28 bits per heavy atom. The second kappa shape index (κ2) is 4.85. The van der Waals surface area contributed by atoms with Crippen LogP contribution in [-0.2, 0) is 6.42 Å². The Labute approximate surface area is 105 Å². The first-order valence-corrected chi connectivity index (χ1v) is 5.94. The van der Waals surface area contributed by atoms with Crippen molar-refractivity contribution >= 4 is 27.5 Å². The number of carboxylic acids is 1. The van der Waals surface area contributed by atoms with E-state index in [-0.39, 0.29) is 16.8 Å². The number of halogens is 2. The van der Waals surface area contributed by atoms with Gasteiger partial charge in [-0.15, -0.1) is 11.3 Å². The molecule has 0 atom stereocenters. The lowest BCUT2D eigenvalue weighted by molar-refractivity contribution is -0.0489. The van der Waals surface area contributed by atoms with Crippen molar-refractivity contribution in [1.82, 2.24) is 4.98 Å². The van der Waals surface area contributed by atoms with Crippen molar-refractivity contribution in [3.8, 4) is 5.75 Å². The molecule has 0 aliphatic heterocycles. The quantitative estimate of drug-likeness (QED) is 0.929. The third-order valence-corrected chi connectivity index (χ3v) is 3.42. The summed E-state index contributed by atoms with van der Waals surface area (Å²) in [4.78, 5) is 15.1. The Bertz CT molecular complexity index is 597. The van der Waals surface area contributed by atoms with Gasteiger partial charge >= 0.3 is 12.6 Å². The number of fused-ring (bicyclic) bond motifs is 1. The molecule has 0 spiro atoms. The maximum absolute atomic E-state index is 12.3. The second-order valence-electron chi connectivity index (χ2n) is 3.47. The molecule has 0 saturated carbocycles. The zero-order valence-corrected chi connectivity index (χ0v) is 10.1. The van der Waals surface area contributed by atoms with Gasteiger partial charge in [-0.3, -0.25) is 0 Å². The van der Waals surface area contributed by atoms with Crippen molar-refractivity contribution in [2.24, 2.45) is 0 Å². The second-order valence-corrected chi connectivity index (χ2v) is 4.58. The molecular formula is C11H9F2NO3S. The van der Waals surface area contributed by atoms with Crippen LogP contribution in [0.15, 0.2) is 12.1 Å². The number of aromatic nitrogens is 1. The number of ether oxygens (including phenoxy) is 1. The van der Waals surface area contributed by atoms with Crippen molar-refractivity contribution in [3.05, 3.63) is 22.7 Å². The van der Waals surface area contributed by atoms with E-state index in [0.29, 0.717) is 11.1 Å². The highest BCUT2D eigenvalue weighted by molar-refractivity contribution is 7.18. The molecule has 2 aromatic rings. The van der Waals surface area contributed by atoms with Gasteiger partial charge in [0.05, 0.1) is 15.3 Å². The minimum absolute atomic E-state index is 0.0931. The Kier molecular flexibility index (Phi) is 3.42. The third-order valence-electron chi connectivity index (χ3n) is 2.27. The number of carboxylic acid groups (broad SMARTS) is 1. The zero-order valence-electron chi connectivity index (χ0n) is 9.31. The summed E-state index contributed by atoms with van der Waals surface area (Å²) < 4.78 is 29.4. The lowest BCUT2D eigenvalue weighted by Crippen LogP contribution is -2.04. The Hall–Kier alpha value is -1.76. The van der Waals surface area contributed by atoms with Crippen molar-refractivity contribution in [1.29, 1.82) is 0 Å². The molecule has 2 rings (SSSR count). The molecule has 18 heavy (non-hydrogen) atoms. The molecule has 0 aliphatic rings. The summed E-state index contributed by atoms with van der Waals surface area (Å²) >= 11 is 1.27. The van der Waals surface area contributed by atoms with Crippen molar-refractivity contribution in [2.75, 3.05) is 0 Å². The minimum Gasteiger partial charge on any atom is -0.478 e. The molecule has 0 unspecified atom stereocenters. The summed E-state index contributed by atoms with van der Waals surface area (Å²) in [5, 5.41) is 9.65. The molecule has 0 amide bonds. The molecule has 0 bridgehead atoms. The fourth-order valence-corrected chi connectivity index (χ4v) is 2.47. The van der Waals surface area contributed by atoms with Gasteiger partial charge in [-0.25, -0.2) is 9.78 Å². The van der Waals surface area contributed by atoms with Crippen LogP contribution in [0.1, 0.15) is 22.3 Å². The number of nitrogens with zero attached hydrogens (tertiary/aromatic N) is 1. The average molecular weight is 273 g/mol. The largest absolute Gasteiger partial charge is 0.478 e. The standard InChI is InChI=1S/C11H9F2NO3S/c1-2-8-14-9-6(17-11(12)13)3-5(10(15)16)4-7(9)18-8/h3-4,11H,2H2,1H3,(H,15,16). The maximum Gasteiger partial charge on any atom is 0.387 e. The molecular weight excluding hydrogens is 264 g/mol. The van der Waals surface area contributed by atoms with Crippen LogP contribution in [0.25, 0.3) is 10.2 Å². The van der Waals surface area contributed by atoms with Crippen LogP contribution in [0.3, 0.4) is 0 Å². The molecule has 1 aromatic heterocycles. The van der Waals surface area contributed by atoms with Gasteiger partial charge in [0.2, 0.25) is 0 Å². The predicted molar refractivity (Wildman–Crippen MR) is 62.6 cm³/mol. The van der Waals surface area contributed by atoms with E-state index in [1.165, 1.54) is 17.4 Å². The van der Waals surface area contributed by atoms with Crippen LogP contribution < -0.4 is 4.74 Å². The highest BCUT2D eigenvalue weighted by atomic mass is 32.1. The van der Waals surface area contributed by atoms with Crippen LogP contribution in [0.2, 0.25) is 0 Å². The van der Waals surface area contributed by atoms with E-state index in [1.807, 2.05) is 6.92 Å². The van der Waals surface area contributed by atoms with Gasteiger partial charge in [-0.2, -0.15) is 8.78 Å². The maximum atomic E-state index is 12.3. The van der Waals surface area contributed by atoms with Crippen molar-refractivity contribution in [3.63, 3.8) is 0 Å². The van der Waals surface area contributed by atoms with E-state index >= 15 is 0 Å². The monoisotopic (exact) mass is 273 g/mol. The first-order valence-electron chi connectivity index (χ1n) is 5.12. The van der Waals surface area contributed by atoms with Crippen molar-refractivity contribution < 1.29 is 23.4 Å². The molecule has 1 N–H and O–H groups in total. The van der Waals surface area contributed by atoms with Gasteiger partial charge in [-0.1, -0.05) is 6.92 Å². The molecule has 1 heterocycles. The van der Waals surface area contributed by atoms with Gasteiger partial charge < -0.3 is 9.84 Å². The number of benzene rings is 1. The number of carbonyl (C=O) groups is 1. The first-order chi connectivity index (χ1) is 8.51. The zero-order chi connectivity index (χ0) is 13.3. The van der Waals surface area contributed by atoms with E-state index in [4.69, 9.17) is 5.11 Å². The highest BCUT2D eigenvalue weighted by Gasteiger charge is 2.16. The predicted octanol–water partition coefficient (Wildman–Crippen LogP) is 3.16. The molecule has 1 aromatic carbocycles. The Morgan fingerprint density at radius 1 is 1.56 bits per heavy atom. The molecule has 4 nitrogen and oxygen atoms in total. The van der Waals surface area contributed by atoms with Crippen LogP contribution >= 0.6 is 11.3 Å². The van der Waals surface area contributed by atoms with Crippen LogP contribution in [0.5, 0.6) is 5.75 Å². The third kappa shape index (κ3) is 2.40. The molecule has 7 heteroatoms. The van der Waals surface area contributed by atoms with Gasteiger partial charge in [0.1, 0.15) is 5.52 Å². The van der Waals surface area contributed by atoms with Gasteiger partial charge in [0, 0.05) is 0 Å². The number of alkyl halides is 2. The highest BCUT2D eigenvalue weighted by Crippen LogP contribution is 2.32. The molecule has 0 saturated heterocycles. The average Bonchev–Trinajstić information content (AvgIpc) is 2.71. The van der Waals surface area contributed by atoms with Crippen LogP contribution in [-0.4, -0.2) is 22.7 Å². The lowest BCUT2D eigenvalue weighted by Gasteiger charge is -2.05. The van der Waals surface area contributed by atoms with Gasteiger partial charge in [0.25, 0.3) is 0 Å². The van der Waals surface area contributed by atoms with Crippen molar-refractivity contribution in [2.45, 2.75) is 20.0 Å². The topological polar surface area (TPSA) is 59.4 Å². The lowest BCUT2D eigenvalue weighted by atomic mass is 10.2. The Morgan fingerprint density at radius 3 is 2.83 bits per heavy atom. The minimum atomic E-state index is -3.01. The fraction of sp³-hybridized carbons (Fsp3) is 0.273. The van der Waals surface area contributed by atoms with E-state index in [2.05, 4.69) is 9.72 Å². The van der Waals surface area contributed by atoms with Gasteiger partial charge in [-0.05, 0) is 18.6 Å². The molecule has 0 radical (unpaired) electrons. The number of rotatable bonds is 4. The summed E-state index contributed by atoms with van der Waals surface area (Å²) in [6.07, 6.45) is 0.649. The molecule has 0 fully saturated rings. The summed E-state index contributed by atoms with van der Waals surface area (Å²) in [5.41, 5.74) is 0.187.